The highest BCUT2D eigenvalue weighted by molar-refractivity contribution is 5.19. The van der Waals surface area contributed by atoms with Crippen molar-refractivity contribution >= 4 is 0 Å². The first-order chi connectivity index (χ1) is 6.22. The van der Waals surface area contributed by atoms with Crippen LogP contribution in [-0.2, 0) is 6.54 Å². The molecule has 1 rings (SSSR count). The maximum atomic E-state index is 4.33. The topological polar surface area (TPSA) is 24.9 Å². The molecule has 1 aromatic rings. The molecule has 0 amide bonds. The zero-order valence-electron chi connectivity index (χ0n) is 8.72. The Bertz CT molecular complexity index is 249. The number of hydrogen-bond donors (Lipinski definition) is 1. The normalized spacial score (nSPS) is 10.4. The minimum atomic E-state index is 0.956. The van der Waals surface area contributed by atoms with Crippen molar-refractivity contribution in [1.29, 1.82) is 0 Å². The van der Waals surface area contributed by atoms with Gasteiger partial charge in [-0.1, -0.05) is 6.92 Å². The predicted molar refractivity (Wildman–Crippen MR) is 55.7 cm³/mol. The Labute approximate surface area is 80.4 Å². The van der Waals surface area contributed by atoms with E-state index in [1.807, 2.05) is 13.8 Å². The van der Waals surface area contributed by atoms with Crippen LogP contribution in [0.4, 0.5) is 0 Å². The van der Waals surface area contributed by atoms with Gasteiger partial charge < -0.3 is 5.32 Å². The second kappa shape index (κ2) is 4.97. The van der Waals surface area contributed by atoms with Crippen molar-refractivity contribution in [3.63, 3.8) is 0 Å². The summed E-state index contributed by atoms with van der Waals surface area (Å²) in [6, 6.07) is 4.27. The first kappa shape index (κ1) is 10.2. The van der Waals surface area contributed by atoms with E-state index in [2.05, 4.69) is 29.4 Å². The Morgan fingerprint density at radius 1 is 1.23 bits per heavy atom. The van der Waals surface area contributed by atoms with Gasteiger partial charge in [0.05, 0.1) is 0 Å². The van der Waals surface area contributed by atoms with E-state index in [0.29, 0.717) is 0 Å². The molecule has 0 bridgehead atoms. The molecule has 1 N–H and O–H groups in total. The van der Waals surface area contributed by atoms with E-state index >= 15 is 0 Å². The summed E-state index contributed by atoms with van der Waals surface area (Å²) in [4.78, 5) is 4.33. The Hall–Kier alpha value is -0.890. The molecule has 0 unspecified atom stereocenters. The number of pyridine rings is 1. The molecule has 2 heteroatoms. The molecule has 13 heavy (non-hydrogen) atoms. The van der Waals surface area contributed by atoms with Crippen LogP contribution in [0.25, 0.3) is 0 Å². The summed E-state index contributed by atoms with van der Waals surface area (Å²) in [6.07, 6.45) is 1.18. The lowest BCUT2D eigenvalue weighted by atomic mass is 10.2. The Morgan fingerprint density at radius 3 is 2.38 bits per heavy atom. The number of nitrogens with one attached hydrogen (secondary N) is 1. The first-order valence-electron chi connectivity index (χ1n) is 4.87. The lowest BCUT2D eigenvalue weighted by molar-refractivity contribution is 0.674. The van der Waals surface area contributed by atoms with Crippen molar-refractivity contribution in [3.05, 3.63) is 29.1 Å². The fourth-order valence-corrected chi connectivity index (χ4v) is 1.43. The van der Waals surface area contributed by atoms with E-state index in [1.165, 1.54) is 12.0 Å². The van der Waals surface area contributed by atoms with Gasteiger partial charge in [0.15, 0.2) is 0 Å². The highest BCUT2D eigenvalue weighted by Gasteiger charge is 1.95. The van der Waals surface area contributed by atoms with Crippen LogP contribution in [-0.4, -0.2) is 11.5 Å². The molecule has 0 saturated heterocycles. The number of aromatic nitrogens is 1. The summed E-state index contributed by atoms with van der Waals surface area (Å²) < 4.78 is 0. The smallest absolute Gasteiger partial charge is 0.0379 e. The van der Waals surface area contributed by atoms with Crippen molar-refractivity contribution in [1.82, 2.24) is 10.3 Å². The van der Waals surface area contributed by atoms with Crippen molar-refractivity contribution in [2.45, 2.75) is 33.7 Å². The minimum Gasteiger partial charge on any atom is -0.313 e. The fourth-order valence-electron chi connectivity index (χ4n) is 1.43. The van der Waals surface area contributed by atoms with Crippen LogP contribution in [0.3, 0.4) is 0 Å². The Morgan fingerprint density at radius 2 is 1.85 bits per heavy atom. The largest absolute Gasteiger partial charge is 0.313 e. The summed E-state index contributed by atoms with van der Waals surface area (Å²) in [5.41, 5.74) is 3.54. The lowest BCUT2D eigenvalue weighted by Crippen LogP contribution is -2.14. The molecule has 0 aliphatic rings. The molecule has 0 atom stereocenters. The minimum absolute atomic E-state index is 0.956. The summed E-state index contributed by atoms with van der Waals surface area (Å²) in [6.45, 7) is 8.29. The van der Waals surface area contributed by atoms with Gasteiger partial charge in [0, 0.05) is 17.9 Å². The molecule has 0 aliphatic carbocycles. The van der Waals surface area contributed by atoms with Crippen LogP contribution in [0.2, 0.25) is 0 Å². The highest BCUT2D eigenvalue weighted by Crippen LogP contribution is 2.04. The molecule has 72 valence electrons. The van der Waals surface area contributed by atoms with Gasteiger partial charge >= 0.3 is 0 Å². The van der Waals surface area contributed by atoms with E-state index in [1.54, 1.807) is 0 Å². The molecule has 0 radical (unpaired) electrons. The maximum absolute atomic E-state index is 4.33. The zero-order chi connectivity index (χ0) is 9.68. The molecule has 0 spiro atoms. The quantitative estimate of drug-likeness (QED) is 0.715. The maximum Gasteiger partial charge on any atom is 0.0379 e. The van der Waals surface area contributed by atoms with E-state index in [-0.39, 0.29) is 0 Å². The van der Waals surface area contributed by atoms with Crippen LogP contribution in [0.1, 0.15) is 30.3 Å². The average molecular weight is 178 g/mol. The van der Waals surface area contributed by atoms with Crippen molar-refractivity contribution in [2.24, 2.45) is 0 Å². The van der Waals surface area contributed by atoms with Crippen molar-refractivity contribution in [2.75, 3.05) is 6.54 Å². The standard InChI is InChI=1S/C11H18N2/c1-4-5-12-8-11-6-9(2)13-10(3)7-11/h6-7,12H,4-5,8H2,1-3H3. The molecule has 1 heterocycles. The van der Waals surface area contributed by atoms with Gasteiger partial charge in [-0.05, 0) is 44.5 Å². The summed E-state index contributed by atoms with van der Waals surface area (Å²) in [5.74, 6) is 0. The predicted octanol–water partition coefficient (Wildman–Crippen LogP) is 2.20. The zero-order valence-corrected chi connectivity index (χ0v) is 8.72. The summed E-state index contributed by atoms with van der Waals surface area (Å²) in [7, 11) is 0. The summed E-state index contributed by atoms with van der Waals surface area (Å²) in [5, 5.41) is 3.38. The second-order valence-corrected chi connectivity index (χ2v) is 3.43. The lowest BCUT2D eigenvalue weighted by Gasteiger charge is -2.05. The van der Waals surface area contributed by atoms with Crippen molar-refractivity contribution < 1.29 is 0 Å². The van der Waals surface area contributed by atoms with Crippen LogP contribution >= 0.6 is 0 Å². The third-order valence-corrected chi connectivity index (χ3v) is 1.90. The number of aryl methyl sites for hydroxylation is 2. The number of rotatable bonds is 4. The molecule has 0 aromatic carbocycles. The average Bonchev–Trinajstić information content (AvgIpc) is 2.03. The third-order valence-electron chi connectivity index (χ3n) is 1.90. The van der Waals surface area contributed by atoms with Gasteiger partial charge in [-0.3, -0.25) is 4.98 Å². The van der Waals surface area contributed by atoms with Crippen molar-refractivity contribution in [3.8, 4) is 0 Å². The van der Waals surface area contributed by atoms with E-state index in [4.69, 9.17) is 0 Å². The molecular formula is C11H18N2. The SMILES string of the molecule is CCCNCc1cc(C)nc(C)c1. The second-order valence-electron chi connectivity index (χ2n) is 3.43. The van der Waals surface area contributed by atoms with E-state index in [9.17, 15) is 0 Å². The monoisotopic (exact) mass is 178 g/mol. The summed E-state index contributed by atoms with van der Waals surface area (Å²) >= 11 is 0. The van der Waals surface area contributed by atoms with Crippen LogP contribution in [0.5, 0.6) is 0 Å². The van der Waals surface area contributed by atoms with Gasteiger partial charge in [-0.2, -0.15) is 0 Å². The van der Waals surface area contributed by atoms with Gasteiger partial charge in [-0.15, -0.1) is 0 Å². The molecule has 0 saturated carbocycles. The first-order valence-corrected chi connectivity index (χ1v) is 4.87. The van der Waals surface area contributed by atoms with Crippen LogP contribution < -0.4 is 5.32 Å². The van der Waals surface area contributed by atoms with Gasteiger partial charge in [-0.25, -0.2) is 0 Å². The van der Waals surface area contributed by atoms with Crippen LogP contribution in [0.15, 0.2) is 12.1 Å². The van der Waals surface area contributed by atoms with E-state index < -0.39 is 0 Å². The molecule has 2 nitrogen and oxygen atoms in total. The Kier molecular flexibility index (Phi) is 3.90. The van der Waals surface area contributed by atoms with Gasteiger partial charge in [0.25, 0.3) is 0 Å². The molecule has 0 fully saturated rings. The molecular weight excluding hydrogens is 160 g/mol. The van der Waals surface area contributed by atoms with Gasteiger partial charge in [0.2, 0.25) is 0 Å². The molecule has 1 aromatic heterocycles. The van der Waals surface area contributed by atoms with E-state index in [0.717, 1.165) is 24.5 Å². The highest BCUT2D eigenvalue weighted by atomic mass is 14.8. The van der Waals surface area contributed by atoms with Crippen LogP contribution in [0, 0.1) is 13.8 Å². The molecule has 0 aliphatic heterocycles. The fraction of sp³-hybridized carbons (Fsp3) is 0.545. The Balaban J connectivity index is 2.56. The van der Waals surface area contributed by atoms with Gasteiger partial charge in [0.1, 0.15) is 0 Å². The number of hydrogen-bond acceptors (Lipinski definition) is 2. The third kappa shape index (κ3) is 3.55. The number of nitrogens with zero attached hydrogens (tertiary/aromatic N) is 1.